The lowest BCUT2D eigenvalue weighted by atomic mass is 10.2. The zero-order chi connectivity index (χ0) is 15.6. The molecule has 0 amide bonds. The lowest BCUT2D eigenvalue weighted by Gasteiger charge is -2.11. The van der Waals surface area contributed by atoms with Gasteiger partial charge in [0.15, 0.2) is 11.6 Å². The third-order valence-electron chi connectivity index (χ3n) is 2.54. The van der Waals surface area contributed by atoms with Crippen molar-refractivity contribution in [2.24, 2.45) is 0 Å². The SMILES string of the molecule is O=C(O)c1cccc(F)c1Oc1c(Cl)cccc1[N+](=O)[O-]. The fourth-order valence-corrected chi connectivity index (χ4v) is 1.83. The quantitative estimate of drug-likeness (QED) is 0.683. The van der Waals surface area contributed by atoms with Gasteiger partial charge >= 0.3 is 11.7 Å². The number of rotatable bonds is 4. The highest BCUT2D eigenvalue weighted by Gasteiger charge is 2.23. The van der Waals surface area contributed by atoms with Crippen LogP contribution in [0, 0.1) is 15.9 Å². The van der Waals surface area contributed by atoms with Gasteiger partial charge in [0.2, 0.25) is 5.75 Å². The number of aromatic carboxylic acids is 1. The van der Waals surface area contributed by atoms with Gasteiger partial charge in [-0.15, -0.1) is 0 Å². The van der Waals surface area contributed by atoms with Crippen molar-refractivity contribution in [3.05, 3.63) is 62.9 Å². The molecule has 0 radical (unpaired) electrons. The van der Waals surface area contributed by atoms with Crippen LogP contribution < -0.4 is 4.74 Å². The van der Waals surface area contributed by atoms with E-state index in [-0.39, 0.29) is 5.02 Å². The van der Waals surface area contributed by atoms with E-state index >= 15 is 0 Å². The predicted octanol–water partition coefficient (Wildman–Crippen LogP) is 3.88. The Morgan fingerprint density at radius 2 is 1.90 bits per heavy atom. The molecule has 2 aromatic carbocycles. The second kappa shape index (κ2) is 5.76. The van der Waals surface area contributed by atoms with Crippen LogP contribution in [0.3, 0.4) is 0 Å². The Morgan fingerprint density at radius 1 is 1.24 bits per heavy atom. The van der Waals surface area contributed by atoms with Gasteiger partial charge in [-0.3, -0.25) is 10.1 Å². The minimum Gasteiger partial charge on any atom is -0.478 e. The molecule has 0 aromatic heterocycles. The van der Waals surface area contributed by atoms with Crippen LogP contribution in [-0.2, 0) is 0 Å². The number of para-hydroxylation sites is 2. The molecule has 0 bridgehead atoms. The third-order valence-corrected chi connectivity index (χ3v) is 2.84. The number of hydrogen-bond acceptors (Lipinski definition) is 4. The van der Waals surface area contributed by atoms with Crippen LogP contribution in [0.15, 0.2) is 36.4 Å². The number of nitro benzene ring substituents is 1. The molecule has 21 heavy (non-hydrogen) atoms. The number of halogens is 2. The molecule has 0 saturated carbocycles. The average Bonchev–Trinajstić information content (AvgIpc) is 2.42. The van der Waals surface area contributed by atoms with Crippen LogP contribution in [0.25, 0.3) is 0 Å². The van der Waals surface area contributed by atoms with E-state index in [1.54, 1.807) is 0 Å². The van der Waals surface area contributed by atoms with Crippen LogP contribution in [0.4, 0.5) is 10.1 Å². The van der Waals surface area contributed by atoms with E-state index in [0.717, 1.165) is 18.2 Å². The van der Waals surface area contributed by atoms with Gasteiger partial charge in [0.05, 0.1) is 9.95 Å². The summed E-state index contributed by atoms with van der Waals surface area (Å²) in [5, 5.41) is 19.8. The van der Waals surface area contributed by atoms with Gasteiger partial charge in [-0.1, -0.05) is 23.7 Å². The molecule has 8 heteroatoms. The number of benzene rings is 2. The normalized spacial score (nSPS) is 10.2. The Bertz CT molecular complexity index is 673. The van der Waals surface area contributed by atoms with Crippen molar-refractivity contribution >= 4 is 23.3 Å². The Hall–Kier alpha value is -2.67. The van der Waals surface area contributed by atoms with E-state index < -0.39 is 39.5 Å². The lowest BCUT2D eigenvalue weighted by Crippen LogP contribution is -2.03. The number of hydrogen-bond donors (Lipinski definition) is 1. The van der Waals surface area contributed by atoms with Crippen molar-refractivity contribution in [3.63, 3.8) is 0 Å². The highest BCUT2D eigenvalue weighted by molar-refractivity contribution is 6.32. The van der Waals surface area contributed by atoms with Gasteiger partial charge in [-0.05, 0) is 18.2 Å². The Kier molecular flexibility index (Phi) is 4.04. The minimum atomic E-state index is -1.43. The molecule has 0 spiro atoms. The molecular formula is C13H7ClFNO5. The second-order valence-corrected chi connectivity index (χ2v) is 4.28. The molecule has 0 saturated heterocycles. The summed E-state index contributed by atoms with van der Waals surface area (Å²) in [6, 6.07) is 7.03. The first-order valence-electron chi connectivity index (χ1n) is 5.54. The summed E-state index contributed by atoms with van der Waals surface area (Å²) in [5.74, 6) is -3.46. The summed E-state index contributed by atoms with van der Waals surface area (Å²) in [5.41, 5.74) is -0.966. The predicted molar refractivity (Wildman–Crippen MR) is 71.5 cm³/mol. The standard InChI is InChI=1S/C13H7ClFNO5/c14-8-4-2-6-10(16(19)20)12(8)21-11-7(13(17)18)3-1-5-9(11)15/h1-6H,(H,17,18). The molecule has 0 aliphatic rings. The fraction of sp³-hybridized carbons (Fsp3) is 0. The highest BCUT2D eigenvalue weighted by Crippen LogP contribution is 2.39. The van der Waals surface area contributed by atoms with Crippen molar-refractivity contribution in [2.75, 3.05) is 0 Å². The number of nitrogens with zero attached hydrogens (tertiary/aromatic N) is 1. The van der Waals surface area contributed by atoms with E-state index in [4.69, 9.17) is 21.4 Å². The Balaban J connectivity index is 2.59. The molecule has 108 valence electrons. The van der Waals surface area contributed by atoms with Crippen molar-refractivity contribution < 1.29 is 24.0 Å². The molecule has 2 aromatic rings. The van der Waals surface area contributed by atoms with E-state index in [0.29, 0.717) is 0 Å². The molecule has 0 atom stereocenters. The topological polar surface area (TPSA) is 89.7 Å². The highest BCUT2D eigenvalue weighted by atomic mass is 35.5. The molecule has 0 fully saturated rings. The molecule has 0 aliphatic heterocycles. The first-order chi connectivity index (χ1) is 9.91. The maximum Gasteiger partial charge on any atom is 0.339 e. The van der Waals surface area contributed by atoms with Gasteiger partial charge in [-0.2, -0.15) is 0 Å². The van der Waals surface area contributed by atoms with E-state index in [2.05, 4.69) is 0 Å². The summed E-state index contributed by atoms with van der Waals surface area (Å²) in [4.78, 5) is 21.2. The van der Waals surface area contributed by atoms with Gasteiger partial charge in [0.1, 0.15) is 5.56 Å². The number of carbonyl (C=O) groups is 1. The van der Waals surface area contributed by atoms with E-state index in [1.807, 2.05) is 0 Å². The molecule has 0 unspecified atom stereocenters. The van der Waals surface area contributed by atoms with Crippen molar-refractivity contribution in [1.82, 2.24) is 0 Å². The Morgan fingerprint density at radius 3 is 2.52 bits per heavy atom. The monoisotopic (exact) mass is 311 g/mol. The molecule has 1 N–H and O–H groups in total. The smallest absolute Gasteiger partial charge is 0.339 e. The van der Waals surface area contributed by atoms with Crippen LogP contribution >= 0.6 is 11.6 Å². The second-order valence-electron chi connectivity index (χ2n) is 3.87. The van der Waals surface area contributed by atoms with Crippen molar-refractivity contribution in [2.45, 2.75) is 0 Å². The lowest BCUT2D eigenvalue weighted by molar-refractivity contribution is -0.385. The van der Waals surface area contributed by atoms with Gasteiger partial charge in [0, 0.05) is 6.07 Å². The summed E-state index contributed by atoms with van der Waals surface area (Å²) >= 11 is 5.81. The zero-order valence-corrected chi connectivity index (χ0v) is 11.0. The van der Waals surface area contributed by atoms with Crippen LogP contribution in [0.5, 0.6) is 11.5 Å². The van der Waals surface area contributed by atoms with Crippen LogP contribution in [-0.4, -0.2) is 16.0 Å². The average molecular weight is 312 g/mol. The molecule has 6 nitrogen and oxygen atoms in total. The number of ether oxygens (including phenoxy) is 1. The first kappa shape index (κ1) is 14.7. The molecule has 2 rings (SSSR count). The van der Waals surface area contributed by atoms with Crippen LogP contribution in [0.1, 0.15) is 10.4 Å². The number of carboxylic acids is 1. The first-order valence-corrected chi connectivity index (χ1v) is 5.92. The zero-order valence-electron chi connectivity index (χ0n) is 10.2. The summed E-state index contributed by atoms with van der Waals surface area (Å²) in [6.07, 6.45) is 0. The van der Waals surface area contributed by atoms with Gasteiger partial charge < -0.3 is 9.84 Å². The van der Waals surface area contributed by atoms with Crippen molar-refractivity contribution in [1.29, 1.82) is 0 Å². The maximum atomic E-state index is 13.8. The van der Waals surface area contributed by atoms with Crippen LogP contribution in [0.2, 0.25) is 5.02 Å². The fourth-order valence-electron chi connectivity index (χ4n) is 1.63. The van der Waals surface area contributed by atoms with Crippen molar-refractivity contribution in [3.8, 4) is 11.5 Å². The summed E-state index contributed by atoms with van der Waals surface area (Å²) < 4.78 is 18.9. The summed E-state index contributed by atoms with van der Waals surface area (Å²) in [7, 11) is 0. The van der Waals surface area contributed by atoms with Gasteiger partial charge in [-0.25, -0.2) is 9.18 Å². The third kappa shape index (κ3) is 2.92. The van der Waals surface area contributed by atoms with E-state index in [9.17, 15) is 19.3 Å². The maximum absolute atomic E-state index is 13.8. The minimum absolute atomic E-state index is 0.135. The molecule has 0 aliphatic carbocycles. The molecule has 0 heterocycles. The Labute approximate surface area is 122 Å². The largest absolute Gasteiger partial charge is 0.478 e. The van der Waals surface area contributed by atoms with Gasteiger partial charge in [0.25, 0.3) is 0 Å². The number of nitro groups is 1. The van der Waals surface area contributed by atoms with E-state index in [1.165, 1.54) is 18.2 Å². The number of carboxylic acid groups (broad SMARTS) is 1. The molecular weight excluding hydrogens is 305 g/mol. The summed E-state index contributed by atoms with van der Waals surface area (Å²) in [6.45, 7) is 0.